The number of aliphatic hydroxyl groups excluding tert-OH is 5. The highest BCUT2D eigenvalue weighted by atomic mass is 16.4. The van der Waals surface area contributed by atoms with Crippen molar-refractivity contribution in [2.24, 2.45) is 5.92 Å². The van der Waals surface area contributed by atoms with E-state index in [1.165, 1.54) is 0 Å². The quantitative estimate of drug-likeness (QED) is 0.139. The third-order valence-electron chi connectivity index (χ3n) is 2.88. The zero-order valence-electron chi connectivity index (χ0n) is 18.5. The van der Waals surface area contributed by atoms with Gasteiger partial charge < -0.3 is 40.9 Å². The maximum atomic E-state index is 9.25. The monoisotopic (exact) mass is 468 g/mol. The fourth-order valence-electron chi connectivity index (χ4n) is 1.20. The van der Waals surface area contributed by atoms with Crippen LogP contribution in [0.3, 0.4) is 0 Å². The van der Waals surface area contributed by atoms with Crippen molar-refractivity contribution in [1.29, 1.82) is 0 Å². The maximum Gasteiger partial charge on any atom is 0.327 e. The molecule has 0 fully saturated rings. The Balaban J connectivity index is -0.0000000976. The molecule has 0 aromatic heterocycles. The van der Waals surface area contributed by atoms with Crippen LogP contribution in [-0.2, 0) is 14.4 Å². The molecular formula is C21H40O11. The van der Waals surface area contributed by atoms with Crippen molar-refractivity contribution >= 4 is 17.9 Å². The number of unbranched alkanes of at least 4 members (excludes halogenated alkanes) is 3. The average molecular weight is 469 g/mol. The van der Waals surface area contributed by atoms with Gasteiger partial charge in [0, 0.05) is 57.2 Å². The first-order valence-electron chi connectivity index (χ1n) is 9.68. The van der Waals surface area contributed by atoms with E-state index >= 15 is 0 Å². The number of aliphatic hydroxyl groups is 5. The standard InChI is InChI=1S/C6H14O3.C6H14O2.3C3H4O2/c7-3-1-2-6(4-8)5-9;7-5-3-1-2-4-6-8;3*1-2-3(4)5/h6-9H,1-5H2;7-8H,1-6H2;3*2H,1H2,(H,4,5). The largest absolute Gasteiger partial charge is 0.478 e. The molecule has 0 saturated heterocycles. The molecule has 0 aliphatic heterocycles. The average Bonchev–Trinajstić information content (AvgIpc) is 2.79. The van der Waals surface area contributed by atoms with E-state index in [9.17, 15) is 14.4 Å². The van der Waals surface area contributed by atoms with Gasteiger partial charge in [0.2, 0.25) is 0 Å². The molecule has 0 atom stereocenters. The lowest BCUT2D eigenvalue weighted by Crippen LogP contribution is -2.11. The lowest BCUT2D eigenvalue weighted by molar-refractivity contribution is -0.132. The molecule has 0 bridgehead atoms. The van der Waals surface area contributed by atoms with Crippen molar-refractivity contribution in [1.82, 2.24) is 0 Å². The lowest BCUT2D eigenvalue weighted by atomic mass is 10.1. The smallest absolute Gasteiger partial charge is 0.327 e. The van der Waals surface area contributed by atoms with Crippen LogP contribution in [0, 0.1) is 5.92 Å². The molecule has 8 N–H and O–H groups in total. The van der Waals surface area contributed by atoms with E-state index in [4.69, 9.17) is 40.9 Å². The molecule has 0 spiro atoms. The van der Waals surface area contributed by atoms with Crippen LogP contribution in [-0.4, -0.2) is 91.8 Å². The van der Waals surface area contributed by atoms with Crippen LogP contribution < -0.4 is 0 Å². The molecular weight excluding hydrogens is 428 g/mol. The van der Waals surface area contributed by atoms with Gasteiger partial charge in [0.1, 0.15) is 0 Å². The van der Waals surface area contributed by atoms with E-state index in [0.29, 0.717) is 12.8 Å². The van der Waals surface area contributed by atoms with Crippen LogP contribution >= 0.6 is 0 Å². The summed E-state index contributed by atoms with van der Waals surface area (Å²) in [7, 11) is 0. The molecule has 0 rings (SSSR count). The van der Waals surface area contributed by atoms with Crippen LogP contribution in [0.15, 0.2) is 38.0 Å². The van der Waals surface area contributed by atoms with Crippen LogP contribution in [0.1, 0.15) is 38.5 Å². The van der Waals surface area contributed by atoms with Crippen LogP contribution in [0.4, 0.5) is 0 Å². The molecule has 11 heteroatoms. The van der Waals surface area contributed by atoms with E-state index in [0.717, 1.165) is 43.9 Å². The second-order valence-corrected chi connectivity index (χ2v) is 5.59. The summed E-state index contributed by atoms with van der Waals surface area (Å²) in [5.41, 5.74) is 0. The Morgan fingerprint density at radius 2 is 0.812 bits per heavy atom. The number of carboxylic acid groups (broad SMARTS) is 3. The summed E-state index contributed by atoms with van der Waals surface area (Å²) in [6, 6.07) is 0. The number of carbonyl (C=O) groups is 3. The predicted octanol–water partition coefficient (Wildman–Crippen LogP) is 0.662. The Hall–Kier alpha value is -2.57. The summed E-state index contributed by atoms with van der Waals surface area (Å²) < 4.78 is 0. The fraction of sp³-hybridized carbons (Fsp3) is 0.571. The summed E-state index contributed by atoms with van der Waals surface area (Å²) >= 11 is 0. The van der Waals surface area contributed by atoms with Gasteiger partial charge in [-0.2, -0.15) is 0 Å². The van der Waals surface area contributed by atoms with E-state index in [1.807, 2.05) is 0 Å². The predicted molar refractivity (Wildman–Crippen MR) is 120 cm³/mol. The van der Waals surface area contributed by atoms with Crippen molar-refractivity contribution in [3.05, 3.63) is 38.0 Å². The van der Waals surface area contributed by atoms with Gasteiger partial charge >= 0.3 is 17.9 Å². The highest BCUT2D eigenvalue weighted by molar-refractivity contribution is 5.79. The van der Waals surface area contributed by atoms with Gasteiger partial charge in [-0.1, -0.05) is 32.6 Å². The second-order valence-electron chi connectivity index (χ2n) is 5.59. The van der Waals surface area contributed by atoms with E-state index in [-0.39, 0.29) is 39.0 Å². The SMILES string of the molecule is C=CC(=O)O.C=CC(=O)O.C=CC(=O)O.OCCCC(CO)CO.OCCCCCCO. The molecule has 0 amide bonds. The second kappa shape index (κ2) is 39.0. The topological polar surface area (TPSA) is 213 Å². The van der Waals surface area contributed by atoms with Gasteiger partial charge in [-0.15, -0.1) is 0 Å². The van der Waals surface area contributed by atoms with E-state index < -0.39 is 17.9 Å². The van der Waals surface area contributed by atoms with Gasteiger partial charge in [0.15, 0.2) is 0 Å². The number of carboxylic acids is 3. The van der Waals surface area contributed by atoms with Crippen LogP contribution in [0.5, 0.6) is 0 Å². The van der Waals surface area contributed by atoms with Gasteiger partial charge in [0.25, 0.3) is 0 Å². The number of hydrogen-bond acceptors (Lipinski definition) is 8. The Bertz CT molecular complexity index is 398. The molecule has 11 nitrogen and oxygen atoms in total. The van der Waals surface area contributed by atoms with Crippen LogP contribution in [0.2, 0.25) is 0 Å². The fourth-order valence-corrected chi connectivity index (χ4v) is 1.20. The Labute approximate surface area is 189 Å². The molecule has 0 radical (unpaired) electrons. The summed E-state index contributed by atoms with van der Waals surface area (Å²) in [4.78, 5) is 27.8. The van der Waals surface area contributed by atoms with Gasteiger partial charge in [-0.05, 0) is 25.7 Å². The van der Waals surface area contributed by atoms with Crippen LogP contribution in [0.25, 0.3) is 0 Å². The molecule has 0 aromatic carbocycles. The number of aliphatic carboxylic acids is 3. The van der Waals surface area contributed by atoms with Gasteiger partial charge in [-0.3, -0.25) is 0 Å². The number of rotatable bonds is 13. The van der Waals surface area contributed by atoms with Crippen molar-refractivity contribution in [2.75, 3.05) is 33.0 Å². The first-order valence-corrected chi connectivity index (χ1v) is 9.68. The van der Waals surface area contributed by atoms with Crippen molar-refractivity contribution < 1.29 is 55.2 Å². The lowest BCUT2D eigenvalue weighted by Gasteiger charge is -2.07. The van der Waals surface area contributed by atoms with Crippen molar-refractivity contribution in [2.45, 2.75) is 38.5 Å². The Morgan fingerprint density at radius 1 is 0.562 bits per heavy atom. The molecule has 0 aliphatic carbocycles. The molecule has 0 heterocycles. The third kappa shape index (κ3) is 71.0. The highest BCUT2D eigenvalue weighted by Crippen LogP contribution is 2.02. The first-order chi connectivity index (χ1) is 15.1. The summed E-state index contributed by atoms with van der Waals surface area (Å²) in [6.07, 6.45) is 7.68. The summed E-state index contributed by atoms with van der Waals surface area (Å²) in [5.74, 6) is -2.99. The zero-order valence-corrected chi connectivity index (χ0v) is 18.5. The van der Waals surface area contributed by atoms with Gasteiger partial charge in [-0.25, -0.2) is 14.4 Å². The molecule has 190 valence electrons. The molecule has 0 unspecified atom stereocenters. The maximum absolute atomic E-state index is 9.25. The molecule has 32 heavy (non-hydrogen) atoms. The molecule has 0 aromatic rings. The summed E-state index contributed by atoms with van der Waals surface area (Å²) in [6.45, 7) is 9.60. The first kappa shape index (κ1) is 39.9. The normalized spacial score (nSPS) is 8.44. The van der Waals surface area contributed by atoms with Crippen molar-refractivity contribution in [3.8, 4) is 0 Å². The van der Waals surface area contributed by atoms with E-state index in [2.05, 4.69) is 19.7 Å². The molecule has 0 saturated carbocycles. The van der Waals surface area contributed by atoms with Gasteiger partial charge in [0.05, 0.1) is 0 Å². The highest BCUT2D eigenvalue weighted by Gasteiger charge is 2.03. The zero-order chi connectivity index (χ0) is 26.2. The van der Waals surface area contributed by atoms with Crippen molar-refractivity contribution in [3.63, 3.8) is 0 Å². The number of hydrogen-bond donors (Lipinski definition) is 8. The third-order valence-corrected chi connectivity index (χ3v) is 2.88. The van der Waals surface area contributed by atoms with E-state index in [1.54, 1.807) is 0 Å². The Morgan fingerprint density at radius 3 is 0.969 bits per heavy atom. The Kier molecular flexibility index (Phi) is 48.5. The minimum Gasteiger partial charge on any atom is -0.478 e. The summed E-state index contributed by atoms with van der Waals surface area (Å²) in [5, 5.41) is 64.8. The minimum atomic E-state index is -0.981. The minimum absolute atomic E-state index is 0.0104. The molecule has 0 aliphatic rings.